The zero-order valence-corrected chi connectivity index (χ0v) is 12.5. The molecule has 1 aromatic heterocycles. The van der Waals surface area contributed by atoms with Gasteiger partial charge in [-0.3, -0.25) is 0 Å². The van der Waals surface area contributed by atoms with Crippen LogP contribution in [0.15, 0.2) is 33.3 Å². The molecular formula is C14H16BrFN2O. The van der Waals surface area contributed by atoms with Crippen molar-refractivity contribution in [1.82, 2.24) is 10.3 Å². The van der Waals surface area contributed by atoms with Crippen molar-refractivity contribution in [3.63, 3.8) is 0 Å². The molecular weight excluding hydrogens is 311 g/mol. The lowest BCUT2D eigenvalue weighted by molar-refractivity contribution is 0.482. The summed E-state index contributed by atoms with van der Waals surface area (Å²) in [6.07, 6.45) is 2.26. The van der Waals surface area contributed by atoms with Crippen molar-refractivity contribution >= 4 is 15.9 Å². The van der Waals surface area contributed by atoms with Gasteiger partial charge in [0.05, 0.1) is 11.8 Å². The second-order valence-corrected chi connectivity index (χ2v) is 5.52. The quantitative estimate of drug-likeness (QED) is 0.908. The summed E-state index contributed by atoms with van der Waals surface area (Å²) in [7, 11) is 0. The number of rotatable bonds is 5. The zero-order valence-electron chi connectivity index (χ0n) is 10.9. The van der Waals surface area contributed by atoms with Gasteiger partial charge in [-0.05, 0) is 18.2 Å². The highest BCUT2D eigenvalue weighted by atomic mass is 79.9. The molecule has 5 heteroatoms. The minimum atomic E-state index is -0.322. The first kappa shape index (κ1) is 14.2. The molecule has 0 saturated heterocycles. The molecule has 0 saturated carbocycles. The van der Waals surface area contributed by atoms with Gasteiger partial charge in [0.25, 0.3) is 0 Å². The van der Waals surface area contributed by atoms with Crippen LogP contribution in [0.2, 0.25) is 0 Å². The first-order valence-corrected chi connectivity index (χ1v) is 6.99. The van der Waals surface area contributed by atoms with Crippen LogP contribution in [0.25, 0.3) is 11.3 Å². The summed E-state index contributed by atoms with van der Waals surface area (Å²) in [4.78, 5) is 4.17. The molecule has 0 spiro atoms. The lowest BCUT2D eigenvalue weighted by Gasteiger charge is -2.05. The Hall–Kier alpha value is -1.20. The van der Waals surface area contributed by atoms with Crippen molar-refractivity contribution in [2.45, 2.75) is 26.3 Å². The smallest absolute Gasteiger partial charge is 0.196 e. The van der Waals surface area contributed by atoms with E-state index in [0.29, 0.717) is 34.1 Å². The number of benzene rings is 1. The zero-order chi connectivity index (χ0) is 13.8. The van der Waals surface area contributed by atoms with Crippen LogP contribution in [-0.2, 0) is 6.42 Å². The van der Waals surface area contributed by atoms with Crippen LogP contribution in [0.4, 0.5) is 4.39 Å². The molecule has 0 radical (unpaired) electrons. The SMILES string of the molecule is CC(C)NCCc1ncc(-c2ccc(Br)cc2F)o1. The third kappa shape index (κ3) is 3.88. The highest BCUT2D eigenvalue weighted by Gasteiger charge is 2.11. The number of aromatic nitrogens is 1. The standard InChI is InChI=1S/C14H16BrFN2O/c1-9(2)17-6-5-14-18-8-13(19-14)11-4-3-10(15)7-12(11)16/h3-4,7-9,17H,5-6H2,1-2H3. The topological polar surface area (TPSA) is 38.1 Å². The van der Waals surface area contributed by atoms with E-state index in [2.05, 4.69) is 40.1 Å². The van der Waals surface area contributed by atoms with Gasteiger partial charge in [0, 0.05) is 23.5 Å². The van der Waals surface area contributed by atoms with Crippen molar-refractivity contribution in [3.05, 3.63) is 40.6 Å². The van der Waals surface area contributed by atoms with E-state index < -0.39 is 0 Å². The lowest BCUT2D eigenvalue weighted by atomic mass is 10.2. The molecule has 3 nitrogen and oxygen atoms in total. The van der Waals surface area contributed by atoms with Crippen LogP contribution in [0.1, 0.15) is 19.7 Å². The Bertz CT molecular complexity index is 554. The van der Waals surface area contributed by atoms with Gasteiger partial charge in [-0.1, -0.05) is 29.8 Å². The van der Waals surface area contributed by atoms with E-state index in [0.717, 1.165) is 6.54 Å². The largest absolute Gasteiger partial charge is 0.441 e. The maximum atomic E-state index is 13.8. The molecule has 0 aliphatic rings. The fraction of sp³-hybridized carbons (Fsp3) is 0.357. The van der Waals surface area contributed by atoms with Crippen LogP contribution in [0, 0.1) is 5.82 Å². The van der Waals surface area contributed by atoms with Crippen molar-refractivity contribution in [2.75, 3.05) is 6.54 Å². The molecule has 0 atom stereocenters. The van der Waals surface area contributed by atoms with Gasteiger partial charge in [-0.15, -0.1) is 0 Å². The molecule has 2 rings (SSSR count). The summed E-state index contributed by atoms with van der Waals surface area (Å²) in [5, 5.41) is 3.28. The summed E-state index contributed by atoms with van der Waals surface area (Å²) >= 11 is 3.23. The van der Waals surface area contributed by atoms with Crippen LogP contribution in [-0.4, -0.2) is 17.6 Å². The third-order valence-electron chi connectivity index (χ3n) is 2.64. The molecule has 0 unspecified atom stereocenters. The average Bonchev–Trinajstić information content (AvgIpc) is 2.77. The van der Waals surface area contributed by atoms with Gasteiger partial charge in [0.2, 0.25) is 0 Å². The monoisotopic (exact) mass is 326 g/mol. The highest BCUT2D eigenvalue weighted by molar-refractivity contribution is 9.10. The fourth-order valence-electron chi connectivity index (χ4n) is 1.71. The molecule has 102 valence electrons. The Morgan fingerprint density at radius 3 is 2.89 bits per heavy atom. The van der Waals surface area contributed by atoms with Gasteiger partial charge in [-0.2, -0.15) is 0 Å². The Kier molecular flexibility index (Phi) is 4.71. The van der Waals surface area contributed by atoms with E-state index in [1.165, 1.54) is 6.07 Å². The van der Waals surface area contributed by atoms with E-state index in [-0.39, 0.29) is 5.82 Å². The highest BCUT2D eigenvalue weighted by Crippen LogP contribution is 2.26. The normalized spacial score (nSPS) is 11.2. The molecule has 0 fully saturated rings. The lowest BCUT2D eigenvalue weighted by Crippen LogP contribution is -2.24. The number of hydrogen-bond acceptors (Lipinski definition) is 3. The van der Waals surface area contributed by atoms with E-state index in [1.54, 1.807) is 18.3 Å². The van der Waals surface area contributed by atoms with Crippen LogP contribution >= 0.6 is 15.9 Å². The predicted molar refractivity (Wildman–Crippen MR) is 76.4 cm³/mol. The van der Waals surface area contributed by atoms with Crippen molar-refractivity contribution in [3.8, 4) is 11.3 Å². The molecule has 0 aliphatic carbocycles. The summed E-state index contributed by atoms with van der Waals surface area (Å²) in [6, 6.07) is 5.30. The van der Waals surface area contributed by atoms with Gasteiger partial charge >= 0.3 is 0 Å². The fourth-order valence-corrected chi connectivity index (χ4v) is 2.04. The van der Waals surface area contributed by atoms with Gasteiger partial charge in [-0.25, -0.2) is 9.37 Å². The van der Waals surface area contributed by atoms with E-state index in [4.69, 9.17) is 4.42 Å². The van der Waals surface area contributed by atoms with Crippen LogP contribution in [0.3, 0.4) is 0 Å². The van der Waals surface area contributed by atoms with Crippen molar-refractivity contribution < 1.29 is 8.81 Å². The first-order valence-electron chi connectivity index (χ1n) is 6.20. The van der Waals surface area contributed by atoms with Crippen molar-refractivity contribution in [1.29, 1.82) is 0 Å². The van der Waals surface area contributed by atoms with Gasteiger partial charge in [0.1, 0.15) is 5.82 Å². The van der Waals surface area contributed by atoms with Crippen LogP contribution < -0.4 is 5.32 Å². The molecule has 0 bridgehead atoms. The van der Waals surface area contributed by atoms with E-state index in [9.17, 15) is 4.39 Å². The van der Waals surface area contributed by atoms with Crippen molar-refractivity contribution in [2.24, 2.45) is 0 Å². The van der Waals surface area contributed by atoms with Crippen LogP contribution in [0.5, 0.6) is 0 Å². The molecule has 1 heterocycles. The second-order valence-electron chi connectivity index (χ2n) is 4.60. The molecule has 19 heavy (non-hydrogen) atoms. The first-order chi connectivity index (χ1) is 9.06. The summed E-state index contributed by atoms with van der Waals surface area (Å²) < 4.78 is 20.0. The molecule has 0 aliphatic heterocycles. The second kappa shape index (κ2) is 6.30. The Morgan fingerprint density at radius 1 is 1.42 bits per heavy atom. The number of nitrogens with one attached hydrogen (secondary N) is 1. The Labute approximate surface area is 120 Å². The minimum absolute atomic E-state index is 0.322. The number of halogens is 2. The molecule has 2 aromatic rings. The Balaban J connectivity index is 2.08. The summed E-state index contributed by atoms with van der Waals surface area (Å²) in [5.74, 6) is 0.757. The van der Waals surface area contributed by atoms with Gasteiger partial charge < -0.3 is 9.73 Å². The predicted octanol–water partition coefficient (Wildman–Crippen LogP) is 3.78. The number of hydrogen-bond donors (Lipinski definition) is 1. The molecule has 1 N–H and O–H groups in total. The maximum absolute atomic E-state index is 13.8. The number of oxazole rings is 1. The van der Waals surface area contributed by atoms with Gasteiger partial charge in [0.15, 0.2) is 11.7 Å². The summed E-state index contributed by atoms with van der Waals surface area (Å²) in [6.45, 7) is 4.96. The third-order valence-corrected chi connectivity index (χ3v) is 3.13. The van der Waals surface area contributed by atoms with E-state index >= 15 is 0 Å². The number of nitrogens with zero attached hydrogens (tertiary/aromatic N) is 1. The van der Waals surface area contributed by atoms with E-state index in [1.807, 2.05) is 0 Å². The minimum Gasteiger partial charge on any atom is -0.441 e. The average molecular weight is 327 g/mol. The Morgan fingerprint density at radius 2 is 2.21 bits per heavy atom. The molecule has 0 amide bonds. The summed E-state index contributed by atoms with van der Waals surface area (Å²) in [5.41, 5.74) is 0.429. The molecule has 1 aromatic carbocycles. The maximum Gasteiger partial charge on any atom is 0.196 e.